The first-order valence-electron chi connectivity index (χ1n) is 7.77. The summed E-state index contributed by atoms with van der Waals surface area (Å²) in [5, 5.41) is 7.20. The molecule has 1 heterocycles. The van der Waals surface area contributed by atoms with E-state index in [4.69, 9.17) is 44.9 Å². The summed E-state index contributed by atoms with van der Waals surface area (Å²) < 4.78 is 26.9. The third kappa shape index (κ3) is 4.52. The van der Waals surface area contributed by atoms with E-state index in [1.807, 2.05) is 0 Å². The quantitative estimate of drug-likeness (QED) is 0.533. The third-order valence-corrected chi connectivity index (χ3v) is 4.75. The van der Waals surface area contributed by atoms with Crippen molar-refractivity contribution < 1.29 is 13.9 Å². The minimum absolute atomic E-state index is 0.0556. The largest absolute Gasteiger partial charge is 0.493 e. The van der Waals surface area contributed by atoms with Crippen LogP contribution in [0.5, 0.6) is 11.5 Å². The van der Waals surface area contributed by atoms with Crippen LogP contribution in [0.2, 0.25) is 10.0 Å². The minimum atomic E-state index is -0.440. The van der Waals surface area contributed by atoms with E-state index >= 15 is 0 Å². The van der Waals surface area contributed by atoms with Crippen LogP contribution < -0.4 is 14.9 Å². The smallest absolute Gasteiger partial charge is 0.214 e. The molecule has 142 valence electrons. The number of rotatable bonds is 7. The van der Waals surface area contributed by atoms with Gasteiger partial charge in [0.1, 0.15) is 18.8 Å². The maximum Gasteiger partial charge on any atom is 0.214 e. The summed E-state index contributed by atoms with van der Waals surface area (Å²) in [4.78, 5) is 0. The van der Waals surface area contributed by atoms with Crippen molar-refractivity contribution in [1.29, 1.82) is 0 Å². The van der Waals surface area contributed by atoms with Crippen LogP contribution in [0.1, 0.15) is 11.1 Å². The van der Waals surface area contributed by atoms with Gasteiger partial charge in [-0.3, -0.25) is 5.10 Å². The van der Waals surface area contributed by atoms with E-state index in [2.05, 4.69) is 15.6 Å². The molecule has 0 aliphatic rings. The van der Waals surface area contributed by atoms with Gasteiger partial charge in [-0.2, -0.15) is 5.10 Å². The van der Waals surface area contributed by atoms with Crippen LogP contribution in [-0.2, 0) is 13.2 Å². The van der Waals surface area contributed by atoms with Crippen LogP contribution >= 0.6 is 35.4 Å². The molecule has 3 aromatic rings. The lowest BCUT2D eigenvalue weighted by Crippen LogP contribution is -2.13. The highest BCUT2D eigenvalue weighted by Crippen LogP contribution is 2.34. The second-order valence-corrected chi connectivity index (χ2v) is 6.65. The van der Waals surface area contributed by atoms with Crippen LogP contribution in [0, 0.1) is 10.6 Å². The fourth-order valence-electron chi connectivity index (χ4n) is 2.34. The van der Waals surface area contributed by atoms with E-state index in [9.17, 15) is 4.39 Å². The molecule has 3 rings (SSSR count). The Balaban J connectivity index is 1.77. The van der Waals surface area contributed by atoms with Gasteiger partial charge < -0.3 is 14.9 Å². The zero-order valence-electron chi connectivity index (χ0n) is 14.1. The van der Waals surface area contributed by atoms with Gasteiger partial charge in [-0.15, -0.1) is 0 Å². The molecule has 2 N–H and O–H groups in total. The van der Waals surface area contributed by atoms with Crippen LogP contribution in [0.4, 0.5) is 4.39 Å². The highest BCUT2D eigenvalue weighted by molar-refractivity contribution is 7.71. The predicted molar refractivity (Wildman–Crippen MR) is 104 cm³/mol. The lowest BCUT2D eigenvalue weighted by Gasteiger charge is -2.15. The van der Waals surface area contributed by atoms with Crippen molar-refractivity contribution in [3.8, 4) is 11.5 Å². The summed E-state index contributed by atoms with van der Waals surface area (Å²) in [7, 11) is 1.51. The summed E-state index contributed by atoms with van der Waals surface area (Å²) in [5.41, 5.74) is 4.08. The molecule has 0 atom stereocenters. The highest BCUT2D eigenvalue weighted by atomic mass is 35.5. The molecule has 0 saturated carbocycles. The maximum atomic E-state index is 13.9. The topological polar surface area (TPSA) is 64.1 Å². The zero-order valence-corrected chi connectivity index (χ0v) is 16.5. The molecule has 27 heavy (non-hydrogen) atoms. The fraction of sp³-hybridized carbons (Fsp3) is 0.176. The van der Waals surface area contributed by atoms with Crippen molar-refractivity contribution in [2.24, 2.45) is 0 Å². The van der Waals surface area contributed by atoms with Gasteiger partial charge >= 0.3 is 0 Å². The van der Waals surface area contributed by atoms with Gasteiger partial charge in [0.25, 0.3) is 0 Å². The fourth-order valence-corrected chi connectivity index (χ4v) is 2.94. The number of nitrogens with one attached hydrogen (secondary N) is 2. The molecule has 0 spiro atoms. The van der Waals surface area contributed by atoms with Crippen molar-refractivity contribution >= 4 is 35.4 Å². The van der Waals surface area contributed by atoms with Gasteiger partial charge in [-0.05, 0) is 36.0 Å². The van der Waals surface area contributed by atoms with Gasteiger partial charge in [-0.25, -0.2) is 9.07 Å². The van der Waals surface area contributed by atoms with E-state index in [1.165, 1.54) is 25.6 Å². The Morgan fingerprint density at radius 1 is 1.26 bits per heavy atom. The van der Waals surface area contributed by atoms with Crippen molar-refractivity contribution in [2.45, 2.75) is 13.2 Å². The Kier molecular flexibility index (Phi) is 6.20. The standard InChI is InChI=1S/C17H15Cl2FN4O2S/c1-25-15-5-10(7-22-24-9-21-23-17(24)27)13(19)6-16(15)26-8-11-12(18)3-2-4-14(11)20/h2-6,9,22H,7-8H2,1H3,(H,23,27). The Hall–Kier alpha value is -2.29. The number of benzene rings is 2. The zero-order chi connectivity index (χ0) is 19.4. The number of hydrogen-bond acceptors (Lipinski definition) is 5. The number of hydrogen-bond donors (Lipinski definition) is 2. The summed E-state index contributed by atoms with van der Waals surface area (Å²) in [6, 6.07) is 7.80. The number of methoxy groups -OCH3 is 1. The molecule has 0 aliphatic heterocycles. The van der Waals surface area contributed by atoms with E-state index in [1.54, 1.807) is 22.9 Å². The minimum Gasteiger partial charge on any atom is -0.493 e. The molecule has 0 amide bonds. The second kappa shape index (κ2) is 8.60. The van der Waals surface area contributed by atoms with E-state index in [0.717, 1.165) is 5.56 Å². The average Bonchev–Trinajstić information content (AvgIpc) is 3.05. The Morgan fingerprint density at radius 2 is 2.07 bits per heavy atom. The number of halogens is 3. The van der Waals surface area contributed by atoms with Crippen molar-refractivity contribution in [3.05, 3.63) is 68.4 Å². The SMILES string of the molecule is COc1cc(CNn2cn[nH]c2=S)c(Cl)cc1OCc1c(F)cccc1Cl. The first kappa shape index (κ1) is 19.5. The van der Waals surface area contributed by atoms with Gasteiger partial charge in [0.05, 0.1) is 18.7 Å². The molecule has 0 unspecified atom stereocenters. The third-order valence-electron chi connectivity index (χ3n) is 3.76. The first-order valence-corrected chi connectivity index (χ1v) is 8.94. The monoisotopic (exact) mass is 428 g/mol. The Labute approximate surface area is 169 Å². The normalized spacial score (nSPS) is 10.7. The lowest BCUT2D eigenvalue weighted by atomic mass is 10.2. The number of aromatic amines is 1. The van der Waals surface area contributed by atoms with Gasteiger partial charge in [0, 0.05) is 16.7 Å². The number of aromatic nitrogens is 3. The Bertz CT molecular complexity index is 989. The summed E-state index contributed by atoms with van der Waals surface area (Å²) >= 11 is 17.4. The molecule has 1 aromatic heterocycles. The van der Waals surface area contributed by atoms with E-state index in [0.29, 0.717) is 27.8 Å². The molecule has 6 nitrogen and oxygen atoms in total. The molecule has 0 radical (unpaired) electrons. The molecule has 0 saturated heterocycles. The van der Waals surface area contributed by atoms with Gasteiger partial charge in [-0.1, -0.05) is 29.3 Å². The number of nitrogens with zero attached hydrogens (tertiary/aromatic N) is 2. The number of ether oxygens (including phenoxy) is 2. The van der Waals surface area contributed by atoms with Crippen molar-refractivity contribution in [1.82, 2.24) is 14.9 Å². The molecule has 0 aliphatic carbocycles. The molecule has 10 heteroatoms. The van der Waals surface area contributed by atoms with Crippen LogP contribution in [-0.4, -0.2) is 22.0 Å². The van der Waals surface area contributed by atoms with Crippen LogP contribution in [0.15, 0.2) is 36.7 Å². The molecule has 0 fully saturated rings. The van der Waals surface area contributed by atoms with Gasteiger partial charge in [0.15, 0.2) is 11.5 Å². The Morgan fingerprint density at radius 3 is 2.74 bits per heavy atom. The highest BCUT2D eigenvalue weighted by Gasteiger charge is 2.13. The first-order chi connectivity index (χ1) is 13.0. The molecular weight excluding hydrogens is 414 g/mol. The van der Waals surface area contributed by atoms with E-state index in [-0.39, 0.29) is 17.2 Å². The van der Waals surface area contributed by atoms with Crippen molar-refractivity contribution in [2.75, 3.05) is 12.5 Å². The van der Waals surface area contributed by atoms with Gasteiger partial charge in [0.2, 0.25) is 4.77 Å². The number of H-pyrrole nitrogens is 1. The maximum absolute atomic E-state index is 13.9. The van der Waals surface area contributed by atoms with Crippen molar-refractivity contribution in [3.63, 3.8) is 0 Å². The average molecular weight is 429 g/mol. The van der Waals surface area contributed by atoms with Crippen LogP contribution in [0.3, 0.4) is 0 Å². The molecule has 2 aromatic carbocycles. The summed E-state index contributed by atoms with van der Waals surface area (Å²) in [6.07, 6.45) is 1.52. The second-order valence-electron chi connectivity index (χ2n) is 5.45. The molecule has 0 bridgehead atoms. The van der Waals surface area contributed by atoms with Crippen LogP contribution in [0.25, 0.3) is 0 Å². The van der Waals surface area contributed by atoms with E-state index < -0.39 is 5.82 Å². The predicted octanol–water partition coefficient (Wildman–Crippen LogP) is 4.72. The summed E-state index contributed by atoms with van der Waals surface area (Å²) in [6.45, 7) is 0.322. The summed E-state index contributed by atoms with van der Waals surface area (Å²) in [5.74, 6) is 0.398. The molecular formula is C17H15Cl2FN4O2S. The lowest BCUT2D eigenvalue weighted by molar-refractivity contribution is 0.279.